The number of aryl methyl sites for hydroxylation is 1. The molecule has 2 N–H and O–H groups in total. The third kappa shape index (κ3) is 2.53. The van der Waals surface area contributed by atoms with Crippen molar-refractivity contribution in [1.82, 2.24) is 4.57 Å². The van der Waals surface area contributed by atoms with E-state index in [0.29, 0.717) is 17.1 Å². The summed E-state index contributed by atoms with van der Waals surface area (Å²) in [6, 6.07) is 7.08. The quantitative estimate of drug-likeness (QED) is 0.920. The standard InChI is InChI=1S/C15H18N2O3/c1-10-6-14(18)11(8-16)9-17(10)13-7-12(19-2)4-5-15(13)20-3/h4-7,9H,8,16H2,1-3H3. The van der Waals surface area contributed by atoms with Gasteiger partial charge >= 0.3 is 0 Å². The van der Waals surface area contributed by atoms with E-state index < -0.39 is 0 Å². The molecule has 0 amide bonds. The zero-order valence-electron chi connectivity index (χ0n) is 11.8. The Labute approximate surface area is 117 Å². The van der Waals surface area contributed by atoms with Gasteiger partial charge in [-0.1, -0.05) is 0 Å². The Morgan fingerprint density at radius 1 is 1.20 bits per heavy atom. The minimum atomic E-state index is -0.0527. The fourth-order valence-electron chi connectivity index (χ4n) is 2.07. The van der Waals surface area contributed by atoms with Crippen LogP contribution in [0.1, 0.15) is 11.3 Å². The summed E-state index contributed by atoms with van der Waals surface area (Å²) >= 11 is 0. The zero-order chi connectivity index (χ0) is 14.7. The van der Waals surface area contributed by atoms with Crippen molar-refractivity contribution in [1.29, 1.82) is 0 Å². The largest absolute Gasteiger partial charge is 0.497 e. The van der Waals surface area contributed by atoms with E-state index in [2.05, 4.69) is 0 Å². The van der Waals surface area contributed by atoms with Crippen molar-refractivity contribution in [3.05, 3.63) is 51.9 Å². The number of hydrogen-bond acceptors (Lipinski definition) is 4. The van der Waals surface area contributed by atoms with E-state index in [1.165, 1.54) is 0 Å². The first-order valence-electron chi connectivity index (χ1n) is 6.25. The molecule has 0 fully saturated rings. The Bertz CT molecular complexity index is 677. The second-order valence-corrected chi connectivity index (χ2v) is 4.42. The molecule has 2 aromatic rings. The van der Waals surface area contributed by atoms with Gasteiger partial charge in [0.2, 0.25) is 0 Å². The van der Waals surface area contributed by atoms with Crippen molar-refractivity contribution < 1.29 is 9.47 Å². The Morgan fingerprint density at radius 3 is 2.55 bits per heavy atom. The van der Waals surface area contributed by atoms with Gasteiger partial charge in [0.1, 0.15) is 11.5 Å². The van der Waals surface area contributed by atoms with Crippen molar-refractivity contribution >= 4 is 0 Å². The first kappa shape index (κ1) is 14.1. The van der Waals surface area contributed by atoms with Gasteiger partial charge in [0.25, 0.3) is 0 Å². The van der Waals surface area contributed by atoms with Crippen molar-refractivity contribution in [3.63, 3.8) is 0 Å². The minimum absolute atomic E-state index is 0.0527. The maximum absolute atomic E-state index is 11.8. The van der Waals surface area contributed by atoms with Gasteiger partial charge < -0.3 is 19.8 Å². The summed E-state index contributed by atoms with van der Waals surface area (Å²) in [5.74, 6) is 1.41. The van der Waals surface area contributed by atoms with E-state index in [9.17, 15) is 4.79 Å². The Balaban J connectivity index is 2.69. The maximum atomic E-state index is 11.8. The molecule has 0 aliphatic heterocycles. The summed E-state index contributed by atoms with van der Waals surface area (Å²) in [4.78, 5) is 11.8. The highest BCUT2D eigenvalue weighted by atomic mass is 16.5. The zero-order valence-corrected chi connectivity index (χ0v) is 11.8. The monoisotopic (exact) mass is 274 g/mol. The van der Waals surface area contributed by atoms with Crippen molar-refractivity contribution in [2.45, 2.75) is 13.5 Å². The summed E-state index contributed by atoms with van der Waals surface area (Å²) in [6.45, 7) is 2.06. The summed E-state index contributed by atoms with van der Waals surface area (Å²) in [5.41, 5.74) is 7.72. The molecule has 0 radical (unpaired) electrons. The number of ether oxygens (including phenoxy) is 2. The van der Waals surface area contributed by atoms with E-state index in [0.717, 1.165) is 11.4 Å². The summed E-state index contributed by atoms with van der Waals surface area (Å²) in [5, 5.41) is 0. The molecular formula is C15H18N2O3. The molecule has 0 unspecified atom stereocenters. The van der Waals surface area contributed by atoms with Crippen LogP contribution >= 0.6 is 0 Å². The van der Waals surface area contributed by atoms with E-state index in [1.54, 1.807) is 26.5 Å². The molecule has 1 heterocycles. The Morgan fingerprint density at radius 2 is 1.95 bits per heavy atom. The molecule has 0 spiro atoms. The van der Waals surface area contributed by atoms with E-state index in [-0.39, 0.29) is 12.0 Å². The molecule has 0 saturated heterocycles. The Kier molecular flexibility index (Phi) is 4.10. The van der Waals surface area contributed by atoms with Gasteiger partial charge in [-0.05, 0) is 19.1 Å². The van der Waals surface area contributed by atoms with Crippen LogP contribution in [0, 0.1) is 6.92 Å². The van der Waals surface area contributed by atoms with Crippen LogP contribution in [0.15, 0.2) is 35.3 Å². The van der Waals surface area contributed by atoms with Crippen LogP contribution in [0.4, 0.5) is 0 Å². The lowest BCUT2D eigenvalue weighted by molar-refractivity contribution is 0.401. The number of hydrogen-bond donors (Lipinski definition) is 1. The number of aromatic nitrogens is 1. The molecule has 106 valence electrons. The van der Waals surface area contributed by atoms with Gasteiger partial charge in [-0.3, -0.25) is 4.79 Å². The van der Waals surface area contributed by atoms with Crippen molar-refractivity contribution in [2.24, 2.45) is 5.73 Å². The van der Waals surface area contributed by atoms with E-state index in [1.807, 2.05) is 29.7 Å². The third-order valence-electron chi connectivity index (χ3n) is 3.19. The molecule has 1 aromatic carbocycles. The van der Waals surface area contributed by atoms with E-state index in [4.69, 9.17) is 15.2 Å². The SMILES string of the molecule is COc1ccc(OC)c(-n2cc(CN)c(=O)cc2C)c1. The smallest absolute Gasteiger partial charge is 0.186 e. The fourth-order valence-corrected chi connectivity index (χ4v) is 2.07. The molecule has 20 heavy (non-hydrogen) atoms. The molecule has 0 aliphatic carbocycles. The van der Waals surface area contributed by atoms with Gasteiger partial charge in [-0.15, -0.1) is 0 Å². The second-order valence-electron chi connectivity index (χ2n) is 4.42. The van der Waals surface area contributed by atoms with Crippen molar-refractivity contribution in [2.75, 3.05) is 14.2 Å². The molecule has 5 heteroatoms. The van der Waals surface area contributed by atoms with Crippen molar-refractivity contribution in [3.8, 4) is 17.2 Å². The predicted molar refractivity (Wildman–Crippen MR) is 77.8 cm³/mol. The highest BCUT2D eigenvalue weighted by Gasteiger charge is 2.10. The third-order valence-corrected chi connectivity index (χ3v) is 3.19. The number of benzene rings is 1. The van der Waals surface area contributed by atoms with Crippen LogP contribution in [0.25, 0.3) is 5.69 Å². The number of methoxy groups -OCH3 is 2. The summed E-state index contributed by atoms with van der Waals surface area (Å²) in [6.07, 6.45) is 1.74. The number of pyridine rings is 1. The van der Waals surface area contributed by atoms with Crippen LogP contribution in [0.5, 0.6) is 11.5 Å². The number of nitrogens with zero attached hydrogens (tertiary/aromatic N) is 1. The topological polar surface area (TPSA) is 66.5 Å². The molecule has 0 saturated carbocycles. The Hall–Kier alpha value is -2.27. The first-order valence-corrected chi connectivity index (χ1v) is 6.25. The molecule has 0 aliphatic rings. The fraction of sp³-hybridized carbons (Fsp3) is 0.267. The maximum Gasteiger partial charge on any atom is 0.186 e. The highest BCUT2D eigenvalue weighted by molar-refractivity contribution is 5.52. The van der Waals surface area contributed by atoms with Crippen LogP contribution in [0.2, 0.25) is 0 Å². The second kappa shape index (κ2) is 5.79. The molecule has 1 aromatic heterocycles. The number of nitrogens with two attached hydrogens (primary N) is 1. The van der Waals surface area contributed by atoms with Gasteiger partial charge in [-0.25, -0.2) is 0 Å². The van der Waals surface area contributed by atoms with Crippen LogP contribution < -0.4 is 20.6 Å². The lowest BCUT2D eigenvalue weighted by atomic mass is 10.2. The average Bonchev–Trinajstić information content (AvgIpc) is 2.47. The van der Waals surface area contributed by atoms with Crippen LogP contribution in [0.3, 0.4) is 0 Å². The molecule has 5 nitrogen and oxygen atoms in total. The molecule has 2 rings (SSSR count). The summed E-state index contributed by atoms with van der Waals surface area (Å²) in [7, 11) is 3.21. The first-order chi connectivity index (χ1) is 9.60. The average molecular weight is 274 g/mol. The van der Waals surface area contributed by atoms with Gasteiger partial charge in [0.05, 0.1) is 19.9 Å². The highest BCUT2D eigenvalue weighted by Crippen LogP contribution is 2.28. The minimum Gasteiger partial charge on any atom is -0.497 e. The van der Waals surface area contributed by atoms with Crippen LogP contribution in [-0.2, 0) is 6.54 Å². The molecule has 0 atom stereocenters. The predicted octanol–water partition coefficient (Wildman–Crippen LogP) is 1.62. The normalized spacial score (nSPS) is 10.4. The lowest BCUT2D eigenvalue weighted by Crippen LogP contribution is -2.17. The van der Waals surface area contributed by atoms with Gasteiger partial charge in [0.15, 0.2) is 5.43 Å². The summed E-state index contributed by atoms with van der Waals surface area (Å²) < 4.78 is 12.5. The lowest BCUT2D eigenvalue weighted by Gasteiger charge is -2.16. The van der Waals surface area contributed by atoms with Gasteiger partial charge in [-0.2, -0.15) is 0 Å². The van der Waals surface area contributed by atoms with Crippen LogP contribution in [-0.4, -0.2) is 18.8 Å². The number of rotatable bonds is 4. The van der Waals surface area contributed by atoms with Gasteiger partial charge in [0, 0.05) is 36.1 Å². The van der Waals surface area contributed by atoms with E-state index >= 15 is 0 Å². The molecule has 0 bridgehead atoms. The molecular weight excluding hydrogens is 256 g/mol.